The molecular formula is C12H24N2O3. The van der Waals surface area contributed by atoms with Gasteiger partial charge in [0.2, 0.25) is 5.91 Å². The summed E-state index contributed by atoms with van der Waals surface area (Å²) in [6.07, 6.45) is 2.07. The van der Waals surface area contributed by atoms with E-state index in [2.05, 4.69) is 5.32 Å². The lowest BCUT2D eigenvalue weighted by Crippen LogP contribution is -2.45. The molecule has 5 nitrogen and oxygen atoms in total. The van der Waals surface area contributed by atoms with Crippen LogP contribution < -0.4 is 5.32 Å². The first-order valence-electron chi connectivity index (χ1n) is 6.27. The lowest BCUT2D eigenvalue weighted by molar-refractivity contribution is -0.137. The third-order valence-corrected chi connectivity index (χ3v) is 3.09. The molecule has 1 N–H and O–H groups in total. The average molecular weight is 244 g/mol. The second-order valence-electron chi connectivity index (χ2n) is 4.35. The van der Waals surface area contributed by atoms with Crippen LogP contribution in [0, 0.1) is 5.92 Å². The van der Waals surface area contributed by atoms with Gasteiger partial charge in [-0.15, -0.1) is 0 Å². The lowest BCUT2D eigenvalue weighted by Gasteiger charge is -2.29. The molecule has 0 radical (unpaired) electrons. The van der Waals surface area contributed by atoms with Gasteiger partial charge in [0.25, 0.3) is 0 Å². The molecule has 0 aliphatic carbocycles. The van der Waals surface area contributed by atoms with E-state index in [-0.39, 0.29) is 11.8 Å². The van der Waals surface area contributed by atoms with Gasteiger partial charge in [-0.1, -0.05) is 0 Å². The quantitative estimate of drug-likeness (QED) is 0.690. The molecule has 0 aromatic heterocycles. The number of rotatable bonds is 7. The molecule has 1 atom stereocenters. The Labute approximate surface area is 103 Å². The summed E-state index contributed by atoms with van der Waals surface area (Å²) >= 11 is 0. The number of nitrogens with zero attached hydrogens (tertiary/aromatic N) is 1. The number of methoxy groups -OCH3 is 2. The van der Waals surface area contributed by atoms with Crippen molar-refractivity contribution in [3.8, 4) is 0 Å². The molecule has 1 aliphatic heterocycles. The highest BCUT2D eigenvalue weighted by atomic mass is 16.5. The van der Waals surface area contributed by atoms with Crippen molar-refractivity contribution in [2.45, 2.75) is 12.8 Å². The van der Waals surface area contributed by atoms with E-state index < -0.39 is 0 Å². The highest BCUT2D eigenvalue weighted by molar-refractivity contribution is 5.79. The number of hydrogen-bond acceptors (Lipinski definition) is 4. The Balaban J connectivity index is 2.44. The van der Waals surface area contributed by atoms with Crippen LogP contribution >= 0.6 is 0 Å². The highest BCUT2D eigenvalue weighted by Crippen LogP contribution is 2.13. The van der Waals surface area contributed by atoms with E-state index in [1.165, 1.54) is 0 Å². The monoisotopic (exact) mass is 244 g/mol. The van der Waals surface area contributed by atoms with E-state index >= 15 is 0 Å². The number of amides is 1. The minimum absolute atomic E-state index is 0.123. The zero-order chi connectivity index (χ0) is 12.5. The van der Waals surface area contributed by atoms with Crippen molar-refractivity contribution in [1.82, 2.24) is 10.2 Å². The van der Waals surface area contributed by atoms with Gasteiger partial charge in [0.05, 0.1) is 19.1 Å². The summed E-state index contributed by atoms with van der Waals surface area (Å²) in [7, 11) is 3.31. The topological polar surface area (TPSA) is 50.8 Å². The number of nitrogens with one attached hydrogen (secondary N) is 1. The summed E-state index contributed by atoms with van der Waals surface area (Å²) in [4.78, 5) is 14.1. The van der Waals surface area contributed by atoms with Gasteiger partial charge in [0.15, 0.2) is 0 Å². The van der Waals surface area contributed by atoms with Crippen LogP contribution in [0.4, 0.5) is 0 Å². The van der Waals surface area contributed by atoms with Gasteiger partial charge >= 0.3 is 0 Å². The van der Waals surface area contributed by atoms with Crippen LogP contribution in [-0.2, 0) is 14.3 Å². The Hall–Kier alpha value is -0.650. The number of carbonyl (C=O) groups is 1. The fourth-order valence-electron chi connectivity index (χ4n) is 2.06. The smallest absolute Gasteiger partial charge is 0.227 e. The first-order valence-corrected chi connectivity index (χ1v) is 6.27. The van der Waals surface area contributed by atoms with Crippen molar-refractivity contribution in [3.05, 3.63) is 0 Å². The first kappa shape index (κ1) is 14.4. The summed E-state index contributed by atoms with van der Waals surface area (Å²) in [5.41, 5.74) is 0. The second-order valence-corrected chi connectivity index (χ2v) is 4.35. The summed E-state index contributed by atoms with van der Waals surface area (Å²) in [5.74, 6) is 0.351. The van der Waals surface area contributed by atoms with Gasteiger partial charge in [-0.05, 0) is 19.4 Å². The van der Waals surface area contributed by atoms with E-state index in [9.17, 15) is 4.79 Å². The molecule has 100 valence electrons. The molecule has 1 rings (SSSR count). The third-order valence-electron chi connectivity index (χ3n) is 3.09. The zero-order valence-electron chi connectivity index (χ0n) is 10.9. The summed E-state index contributed by atoms with van der Waals surface area (Å²) in [6.45, 7) is 4.28. The van der Waals surface area contributed by atoms with Crippen molar-refractivity contribution >= 4 is 5.91 Å². The number of carbonyl (C=O) groups excluding carboxylic acids is 1. The Kier molecular flexibility index (Phi) is 7.16. The van der Waals surface area contributed by atoms with Gasteiger partial charge in [-0.25, -0.2) is 0 Å². The standard InChI is InChI=1S/C12H24N2O3/c1-16-8-6-14(7-9-17-2)12(15)11-4-3-5-13-10-11/h11,13H,3-10H2,1-2H3/t11-/m1/s1. The van der Waals surface area contributed by atoms with Crippen LogP contribution in [0.5, 0.6) is 0 Å². The maximum absolute atomic E-state index is 12.3. The van der Waals surface area contributed by atoms with Gasteiger partial charge in [0.1, 0.15) is 0 Å². The molecule has 0 aromatic rings. The van der Waals surface area contributed by atoms with Crippen LogP contribution in [0.3, 0.4) is 0 Å². The molecule has 1 fully saturated rings. The Bertz CT molecular complexity index is 210. The minimum atomic E-state index is 0.123. The summed E-state index contributed by atoms with van der Waals surface area (Å²) in [6, 6.07) is 0. The largest absolute Gasteiger partial charge is 0.383 e. The third kappa shape index (κ3) is 5.02. The van der Waals surface area contributed by atoms with Gasteiger partial charge in [-0.2, -0.15) is 0 Å². The Morgan fingerprint density at radius 2 is 1.94 bits per heavy atom. The van der Waals surface area contributed by atoms with E-state index in [1.807, 2.05) is 4.90 Å². The van der Waals surface area contributed by atoms with E-state index in [4.69, 9.17) is 9.47 Å². The average Bonchev–Trinajstić information content (AvgIpc) is 2.39. The fourth-order valence-corrected chi connectivity index (χ4v) is 2.06. The number of piperidine rings is 1. The van der Waals surface area contributed by atoms with Gasteiger partial charge in [-0.3, -0.25) is 4.79 Å². The first-order chi connectivity index (χ1) is 8.29. The molecular weight excluding hydrogens is 220 g/mol. The normalized spacial score (nSPS) is 20.2. The Morgan fingerprint density at radius 1 is 1.29 bits per heavy atom. The number of ether oxygens (including phenoxy) is 2. The molecule has 1 aliphatic rings. The molecule has 0 unspecified atom stereocenters. The lowest BCUT2D eigenvalue weighted by atomic mass is 9.98. The van der Waals surface area contributed by atoms with Crippen LogP contribution in [-0.4, -0.2) is 64.4 Å². The van der Waals surface area contributed by atoms with Crippen molar-refractivity contribution < 1.29 is 14.3 Å². The molecule has 1 amide bonds. The van der Waals surface area contributed by atoms with Crippen LogP contribution in [0.1, 0.15) is 12.8 Å². The molecule has 1 heterocycles. The van der Waals surface area contributed by atoms with Crippen molar-refractivity contribution in [2.24, 2.45) is 5.92 Å². The van der Waals surface area contributed by atoms with Gasteiger partial charge in [0, 0.05) is 33.9 Å². The molecule has 0 spiro atoms. The molecule has 0 aromatic carbocycles. The highest BCUT2D eigenvalue weighted by Gasteiger charge is 2.25. The maximum atomic E-state index is 12.3. The minimum Gasteiger partial charge on any atom is -0.383 e. The van der Waals surface area contributed by atoms with Crippen LogP contribution in [0.15, 0.2) is 0 Å². The predicted octanol–water partition coefficient (Wildman–Crippen LogP) is 0.107. The van der Waals surface area contributed by atoms with Crippen LogP contribution in [0.2, 0.25) is 0 Å². The van der Waals surface area contributed by atoms with Crippen molar-refractivity contribution in [3.63, 3.8) is 0 Å². The van der Waals surface area contributed by atoms with Crippen molar-refractivity contribution in [1.29, 1.82) is 0 Å². The molecule has 17 heavy (non-hydrogen) atoms. The summed E-state index contributed by atoms with van der Waals surface area (Å²) in [5, 5.41) is 3.27. The van der Waals surface area contributed by atoms with Crippen LogP contribution in [0.25, 0.3) is 0 Å². The molecule has 5 heteroatoms. The predicted molar refractivity (Wildman–Crippen MR) is 65.9 cm³/mol. The second kappa shape index (κ2) is 8.44. The molecule has 1 saturated heterocycles. The summed E-state index contributed by atoms with van der Waals surface area (Å²) < 4.78 is 10.1. The van der Waals surface area contributed by atoms with E-state index in [0.717, 1.165) is 25.9 Å². The van der Waals surface area contributed by atoms with E-state index in [1.54, 1.807) is 14.2 Å². The Morgan fingerprint density at radius 3 is 2.41 bits per heavy atom. The van der Waals surface area contributed by atoms with Crippen molar-refractivity contribution in [2.75, 3.05) is 53.6 Å². The SMILES string of the molecule is COCCN(CCOC)C(=O)[C@@H]1CCCNC1. The number of hydrogen-bond donors (Lipinski definition) is 1. The van der Waals surface area contributed by atoms with Gasteiger partial charge < -0.3 is 19.7 Å². The van der Waals surface area contributed by atoms with E-state index in [0.29, 0.717) is 26.3 Å². The molecule has 0 saturated carbocycles. The zero-order valence-corrected chi connectivity index (χ0v) is 10.9. The maximum Gasteiger partial charge on any atom is 0.227 e. The molecule has 0 bridgehead atoms. The fraction of sp³-hybridized carbons (Fsp3) is 0.917.